The van der Waals surface area contributed by atoms with E-state index >= 15 is 0 Å². The summed E-state index contributed by atoms with van der Waals surface area (Å²) in [5.74, 6) is 0.260. The molecule has 0 saturated carbocycles. The monoisotopic (exact) mass is 282 g/mol. The molecule has 1 rings (SSSR count). The molecule has 0 saturated heterocycles. The van der Waals surface area contributed by atoms with Crippen LogP contribution in [0.4, 0.5) is 11.5 Å². The van der Waals surface area contributed by atoms with Crippen LogP contribution < -0.4 is 15.4 Å². The number of amides is 1. The van der Waals surface area contributed by atoms with Crippen LogP contribution >= 0.6 is 0 Å². The summed E-state index contributed by atoms with van der Waals surface area (Å²) in [5, 5.41) is 16.4. The molecule has 0 radical (unpaired) electrons. The molecule has 1 heterocycles. The summed E-state index contributed by atoms with van der Waals surface area (Å²) in [6, 6.07) is 2.72. The summed E-state index contributed by atoms with van der Waals surface area (Å²) in [4.78, 5) is 25.7. The number of hydrogen-bond donors (Lipinski definition) is 2. The van der Waals surface area contributed by atoms with Crippen LogP contribution in [0.3, 0.4) is 0 Å². The van der Waals surface area contributed by atoms with E-state index in [0.717, 1.165) is 6.42 Å². The number of rotatable bonds is 8. The maximum atomic E-state index is 11.4. The fraction of sp³-hybridized carbons (Fsp3) is 0.500. The van der Waals surface area contributed by atoms with Gasteiger partial charge in [-0.1, -0.05) is 6.92 Å². The topological polar surface area (TPSA) is 106 Å². The zero-order valence-corrected chi connectivity index (χ0v) is 11.5. The number of pyridine rings is 1. The molecule has 0 spiro atoms. The molecule has 1 amide bonds. The minimum absolute atomic E-state index is 0.0950. The molecule has 0 fully saturated rings. The van der Waals surface area contributed by atoms with Gasteiger partial charge in [-0.05, 0) is 6.42 Å². The van der Waals surface area contributed by atoms with Crippen LogP contribution in [0.1, 0.15) is 19.8 Å². The van der Waals surface area contributed by atoms with Gasteiger partial charge in [0, 0.05) is 31.6 Å². The highest BCUT2D eigenvalue weighted by Crippen LogP contribution is 2.24. The van der Waals surface area contributed by atoms with Gasteiger partial charge in [0.1, 0.15) is 0 Å². The third kappa shape index (κ3) is 4.71. The Balaban J connectivity index is 2.61. The van der Waals surface area contributed by atoms with Gasteiger partial charge in [-0.15, -0.1) is 0 Å². The smallest absolute Gasteiger partial charge is 0.311 e. The van der Waals surface area contributed by atoms with Gasteiger partial charge in [-0.25, -0.2) is 0 Å². The molecule has 0 bridgehead atoms. The van der Waals surface area contributed by atoms with E-state index in [-0.39, 0.29) is 36.3 Å². The second kappa shape index (κ2) is 7.93. The van der Waals surface area contributed by atoms with Crippen LogP contribution in [0.5, 0.6) is 5.88 Å². The van der Waals surface area contributed by atoms with Gasteiger partial charge in [0.05, 0.1) is 12.0 Å². The minimum atomic E-state index is -0.536. The van der Waals surface area contributed by atoms with E-state index in [1.807, 2.05) is 6.92 Å². The van der Waals surface area contributed by atoms with E-state index in [4.69, 9.17) is 4.74 Å². The van der Waals surface area contributed by atoms with Crippen molar-refractivity contribution in [3.8, 4) is 5.88 Å². The number of anilines is 1. The van der Waals surface area contributed by atoms with Gasteiger partial charge >= 0.3 is 5.69 Å². The number of methoxy groups -OCH3 is 1. The second-order valence-electron chi connectivity index (χ2n) is 4.01. The third-order valence-corrected chi connectivity index (χ3v) is 2.47. The Kier molecular flexibility index (Phi) is 6.21. The number of hydrogen-bond acceptors (Lipinski definition) is 6. The van der Waals surface area contributed by atoms with Crippen LogP contribution in [0.25, 0.3) is 0 Å². The number of nitro groups is 1. The molecule has 1 aromatic rings. The maximum absolute atomic E-state index is 11.4. The van der Waals surface area contributed by atoms with Gasteiger partial charge in [0.2, 0.25) is 17.6 Å². The Morgan fingerprint density at radius 2 is 2.20 bits per heavy atom. The highest BCUT2D eigenvalue weighted by molar-refractivity contribution is 5.76. The highest BCUT2D eigenvalue weighted by Gasteiger charge is 2.16. The Hall–Kier alpha value is -2.38. The van der Waals surface area contributed by atoms with Crippen molar-refractivity contribution < 1.29 is 14.5 Å². The molecule has 0 aromatic carbocycles. The second-order valence-corrected chi connectivity index (χ2v) is 4.01. The van der Waals surface area contributed by atoms with Gasteiger partial charge in [-0.3, -0.25) is 14.9 Å². The molecule has 1 aromatic heterocycles. The molecule has 2 N–H and O–H groups in total. The first-order valence-corrected chi connectivity index (χ1v) is 6.28. The van der Waals surface area contributed by atoms with Crippen LogP contribution in [-0.4, -0.2) is 36.0 Å². The van der Waals surface area contributed by atoms with Crippen LogP contribution in [0, 0.1) is 10.1 Å². The lowest BCUT2D eigenvalue weighted by atomic mass is 10.3. The van der Waals surface area contributed by atoms with Gasteiger partial charge in [-0.2, -0.15) is 4.98 Å². The third-order valence-electron chi connectivity index (χ3n) is 2.47. The standard InChI is InChI=1S/C12H18N4O4/c1-3-7-13-10(17)6-8-14-12-9(16(18)19)4-5-11(15-12)20-2/h4-5H,3,6-8H2,1-2H3,(H,13,17)(H,14,15). The van der Waals surface area contributed by atoms with Crippen LogP contribution in [0.2, 0.25) is 0 Å². The largest absolute Gasteiger partial charge is 0.481 e. The first-order chi connectivity index (χ1) is 9.58. The number of aromatic nitrogens is 1. The average molecular weight is 282 g/mol. The first-order valence-electron chi connectivity index (χ1n) is 6.28. The quantitative estimate of drug-likeness (QED) is 0.550. The summed E-state index contributed by atoms with van der Waals surface area (Å²) in [7, 11) is 1.43. The normalized spacial score (nSPS) is 9.90. The zero-order chi connectivity index (χ0) is 15.0. The van der Waals surface area contributed by atoms with Crippen molar-refractivity contribution in [1.29, 1.82) is 0 Å². The fourth-order valence-electron chi connectivity index (χ4n) is 1.47. The van der Waals surface area contributed by atoms with E-state index in [0.29, 0.717) is 6.54 Å². The highest BCUT2D eigenvalue weighted by atomic mass is 16.6. The molecule has 0 unspecified atom stereocenters. The van der Waals surface area contributed by atoms with Gasteiger partial charge < -0.3 is 15.4 Å². The Morgan fingerprint density at radius 1 is 1.45 bits per heavy atom. The van der Waals surface area contributed by atoms with E-state index in [1.54, 1.807) is 0 Å². The van der Waals surface area contributed by atoms with Crippen molar-refractivity contribution in [3.63, 3.8) is 0 Å². The van der Waals surface area contributed by atoms with Crippen molar-refractivity contribution >= 4 is 17.4 Å². The molecule has 0 aliphatic heterocycles. The van der Waals surface area contributed by atoms with Crippen molar-refractivity contribution in [2.24, 2.45) is 0 Å². The van der Waals surface area contributed by atoms with E-state index in [9.17, 15) is 14.9 Å². The molecule has 8 heteroatoms. The molecule has 0 aliphatic carbocycles. The minimum Gasteiger partial charge on any atom is -0.481 e. The number of nitrogens with zero attached hydrogens (tertiary/aromatic N) is 2. The van der Waals surface area contributed by atoms with E-state index < -0.39 is 4.92 Å². The Labute approximate surface area is 116 Å². The lowest BCUT2D eigenvalue weighted by Gasteiger charge is -2.08. The lowest BCUT2D eigenvalue weighted by molar-refractivity contribution is -0.384. The van der Waals surface area contributed by atoms with E-state index in [2.05, 4.69) is 15.6 Å². The van der Waals surface area contributed by atoms with Crippen molar-refractivity contribution in [2.75, 3.05) is 25.5 Å². The SMILES string of the molecule is CCCNC(=O)CCNc1nc(OC)ccc1[N+](=O)[O-]. The maximum Gasteiger partial charge on any atom is 0.311 e. The van der Waals surface area contributed by atoms with Crippen molar-refractivity contribution in [1.82, 2.24) is 10.3 Å². The summed E-state index contributed by atoms with van der Waals surface area (Å²) < 4.78 is 4.92. The van der Waals surface area contributed by atoms with E-state index in [1.165, 1.54) is 19.2 Å². The van der Waals surface area contributed by atoms with Gasteiger partial charge in [0.25, 0.3) is 0 Å². The predicted octanol–water partition coefficient (Wildman–Crippen LogP) is 1.33. The van der Waals surface area contributed by atoms with Gasteiger partial charge in [0.15, 0.2) is 0 Å². The predicted molar refractivity (Wildman–Crippen MR) is 73.9 cm³/mol. The van der Waals surface area contributed by atoms with Crippen molar-refractivity contribution in [2.45, 2.75) is 19.8 Å². The Bertz CT molecular complexity index is 479. The molecule has 110 valence electrons. The average Bonchev–Trinajstić information content (AvgIpc) is 2.44. The molecule has 0 atom stereocenters. The summed E-state index contributed by atoms with van der Waals surface area (Å²) in [6.45, 7) is 2.84. The number of carbonyl (C=O) groups is 1. The first kappa shape index (κ1) is 15.7. The summed E-state index contributed by atoms with van der Waals surface area (Å²) in [5.41, 5.74) is -0.153. The molecule has 8 nitrogen and oxygen atoms in total. The van der Waals surface area contributed by atoms with Crippen LogP contribution in [0.15, 0.2) is 12.1 Å². The number of ether oxygens (including phenoxy) is 1. The number of nitrogens with one attached hydrogen (secondary N) is 2. The number of carbonyl (C=O) groups excluding carboxylic acids is 1. The molecular formula is C12H18N4O4. The fourth-order valence-corrected chi connectivity index (χ4v) is 1.47. The zero-order valence-electron chi connectivity index (χ0n) is 11.5. The Morgan fingerprint density at radius 3 is 2.80 bits per heavy atom. The van der Waals surface area contributed by atoms with Crippen molar-refractivity contribution in [3.05, 3.63) is 22.2 Å². The summed E-state index contributed by atoms with van der Waals surface area (Å²) in [6.07, 6.45) is 1.08. The molecule has 20 heavy (non-hydrogen) atoms. The molecular weight excluding hydrogens is 264 g/mol. The lowest BCUT2D eigenvalue weighted by Crippen LogP contribution is -2.26. The molecule has 0 aliphatic rings. The van der Waals surface area contributed by atoms with Crippen LogP contribution in [-0.2, 0) is 4.79 Å². The summed E-state index contributed by atoms with van der Waals surface area (Å²) >= 11 is 0.